The average Bonchev–Trinajstić information content (AvgIpc) is 2.17. The lowest BCUT2D eigenvalue weighted by atomic mass is 10.1. The minimum atomic E-state index is -0.259. The summed E-state index contributed by atoms with van der Waals surface area (Å²) in [5.41, 5.74) is 0.681. The topological polar surface area (TPSA) is 12.0 Å². The van der Waals surface area contributed by atoms with Crippen LogP contribution >= 0.6 is 11.6 Å². The molecule has 1 aromatic rings. The van der Waals surface area contributed by atoms with Crippen LogP contribution in [0.2, 0.25) is 5.02 Å². The minimum absolute atomic E-state index is 0.259. The molecule has 1 rings (SSSR count). The highest BCUT2D eigenvalue weighted by molar-refractivity contribution is 6.33. The molecule has 0 aromatic heterocycles. The van der Waals surface area contributed by atoms with Crippen molar-refractivity contribution in [3.8, 4) is 0 Å². The molecule has 0 amide bonds. The van der Waals surface area contributed by atoms with Crippen LogP contribution in [0.15, 0.2) is 18.2 Å². The van der Waals surface area contributed by atoms with E-state index in [0.717, 1.165) is 13.0 Å². The molecule has 0 spiro atoms. The van der Waals surface area contributed by atoms with Crippen molar-refractivity contribution in [3.05, 3.63) is 29.0 Å². The van der Waals surface area contributed by atoms with E-state index >= 15 is 0 Å². The first-order chi connectivity index (χ1) is 7.09. The fourth-order valence-electron chi connectivity index (χ4n) is 1.37. The van der Waals surface area contributed by atoms with Crippen LogP contribution in [0.4, 0.5) is 10.1 Å². The second-order valence-electron chi connectivity index (χ2n) is 4.09. The summed E-state index contributed by atoms with van der Waals surface area (Å²) in [7, 11) is 0. The van der Waals surface area contributed by atoms with Crippen LogP contribution < -0.4 is 5.32 Å². The zero-order valence-electron chi connectivity index (χ0n) is 9.19. The van der Waals surface area contributed by atoms with E-state index in [2.05, 4.69) is 19.2 Å². The van der Waals surface area contributed by atoms with Crippen molar-refractivity contribution < 1.29 is 4.39 Å². The molecule has 0 atom stereocenters. The Labute approximate surface area is 95.6 Å². The van der Waals surface area contributed by atoms with Gasteiger partial charge in [-0.1, -0.05) is 25.4 Å². The Balaban J connectivity index is 2.40. The van der Waals surface area contributed by atoms with Gasteiger partial charge in [-0.3, -0.25) is 0 Å². The monoisotopic (exact) mass is 229 g/mol. The van der Waals surface area contributed by atoms with Crippen molar-refractivity contribution >= 4 is 17.3 Å². The van der Waals surface area contributed by atoms with Gasteiger partial charge in [0.25, 0.3) is 0 Å². The van der Waals surface area contributed by atoms with Gasteiger partial charge in [-0.25, -0.2) is 4.39 Å². The van der Waals surface area contributed by atoms with Crippen molar-refractivity contribution in [1.82, 2.24) is 0 Å². The number of hydrogen-bond donors (Lipinski definition) is 1. The van der Waals surface area contributed by atoms with Gasteiger partial charge in [0.15, 0.2) is 0 Å². The molecule has 0 saturated carbocycles. The second kappa shape index (κ2) is 5.96. The number of benzene rings is 1. The van der Waals surface area contributed by atoms with Gasteiger partial charge in [0.1, 0.15) is 5.82 Å². The Morgan fingerprint density at radius 2 is 2.13 bits per heavy atom. The number of nitrogens with one attached hydrogen (secondary N) is 1. The molecule has 0 bridgehead atoms. The summed E-state index contributed by atoms with van der Waals surface area (Å²) in [6, 6.07) is 4.36. The summed E-state index contributed by atoms with van der Waals surface area (Å²) in [5, 5.41) is 3.71. The van der Waals surface area contributed by atoms with E-state index in [9.17, 15) is 4.39 Å². The first kappa shape index (κ1) is 12.3. The standard InChI is InChI=1S/C12H17ClFN/c1-9(2)4-3-7-15-12-8-10(14)5-6-11(12)13/h5-6,8-9,15H,3-4,7H2,1-2H3. The van der Waals surface area contributed by atoms with E-state index in [1.165, 1.54) is 18.6 Å². The summed E-state index contributed by atoms with van der Waals surface area (Å²) in [4.78, 5) is 0. The third kappa shape index (κ3) is 4.52. The molecule has 0 aliphatic carbocycles. The van der Waals surface area contributed by atoms with Crippen LogP contribution in [0.1, 0.15) is 26.7 Å². The molecule has 0 aliphatic rings. The molecular weight excluding hydrogens is 213 g/mol. The van der Waals surface area contributed by atoms with E-state index in [1.54, 1.807) is 6.07 Å². The summed E-state index contributed by atoms with van der Waals surface area (Å²) in [6.45, 7) is 5.21. The summed E-state index contributed by atoms with van der Waals surface area (Å²) >= 11 is 5.91. The molecule has 1 aromatic carbocycles. The number of anilines is 1. The van der Waals surface area contributed by atoms with Gasteiger partial charge >= 0.3 is 0 Å². The van der Waals surface area contributed by atoms with Crippen LogP contribution in [-0.2, 0) is 0 Å². The van der Waals surface area contributed by atoms with Gasteiger partial charge in [-0.05, 0) is 37.0 Å². The van der Waals surface area contributed by atoms with Crippen LogP contribution in [-0.4, -0.2) is 6.54 Å². The molecule has 0 heterocycles. The minimum Gasteiger partial charge on any atom is -0.384 e. The molecular formula is C12H17ClFN. The van der Waals surface area contributed by atoms with Crippen LogP contribution in [0.3, 0.4) is 0 Å². The Kier molecular flexibility index (Phi) is 4.89. The maximum absolute atomic E-state index is 12.9. The van der Waals surface area contributed by atoms with Crippen LogP contribution in [0, 0.1) is 11.7 Å². The average molecular weight is 230 g/mol. The van der Waals surface area contributed by atoms with E-state index in [1.807, 2.05) is 0 Å². The lowest BCUT2D eigenvalue weighted by molar-refractivity contribution is 0.567. The Bertz CT molecular complexity index is 312. The van der Waals surface area contributed by atoms with Gasteiger partial charge in [0.2, 0.25) is 0 Å². The smallest absolute Gasteiger partial charge is 0.125 e. The van der Waals surface area contributed by atoms with E-state index < -0.39 is 0 Å². The molecule has 0 radical (unpaired) electrons. The van der Waals surface area contributed by atoms with E-state index in [0.29, 0.717) is 16.6 Å². The fraction of sp³-hybridized carbons (Fsp3) is 0.500. The maximum Gasteiger partial charge on any atom is 0.125 e. The molecule has 0 aliphatic heterocycles. The number of halogens is 2. The maximum atomic E-state index is 12.9. The highest BCUT2D eigenvalue weighted by Gasteiger charge is 2.01. The van der Waals surface area contributed by atoms with Crippen molar-refractivity contribution in [1.29, 1.82) is 0 Å². The van der Waals surface area contributed by atoms with Gasteiger partial charge in [-0.15, -0.1) is 0 Å². The zero-order chi connectivity index (χ0) is 11.3. The highest BCUT2D eigenvalue weighted by Crippen LogP contribution is 2.22. The SMILES string of the molecule is CC(C)CCCNc1cc(F)ccc1Cl. The van der Waals surface area contributed by atoms with Crippen molar-refractivity contribution in [3.63, 3.8) is 0 Å². The summed E-state index contributed by atoms with van der Waals surface area (Å²) in [5.74, 6) is 0.445. The third-order valence-electron chi connectivity index (χ3n) is 2.20. The van der Waals surface area contributed by atoms with Crippen molar-refractivity contribution in [2.45, 2.75) is 26.7 Å². The van der Waals surface area contributed by atoms with Crippen LogP contribution in [0.5, 0.6) is 0 Å². The van der Waals surface area contributed by atoms with Gasteiger partial charge in [0.05, 0.1) is 10.7 Å². The number of rotatable bonds is 5. The molecule has 1 N–H and O–H groups in total. The fourth-order valence-corrected chi connectivity index (χ4v) is 1.55. The largest absolute Gasteiger partial charge is 0.384 e. The first-order valence-corrected chi connectivity index (χ1v) is 5.66. The number of hydrogen-bond acceptors (Lipinski definition) is 1. The van der Waals surface area contributed by atoms with Crippen molar-refractivity contribution in [2.75, 3.05) is 11.9 Å². The zero-order valence-corrected chi connectivity index (χ0v) is 9.94. The molecule has 15 heavy (non-hydrogen) atoms. The highest BCUT2D eigenvalue weighted by atomic mass is 35.5. The Morgan fingerprint density at radius 1 is 1.40 bits per heavy atom. The summed E-state index contributed by atoms with van der Waals surface area (Å²) < 4.78 is 12.9. The Hall–Kier alpha value is -0.760. The molecule has 0 unspecified atom stereocenters. The predicted octanol–water partition coefficient (Wildman–Crippen LogP) is 4.33. The Morgan fingerprint density at radius 3 is 2.80 bits per heavy atom. The van der Waals surface area contributed by atoms with E-state index in [4.69, 9.17) is 11.6 Å². The molecule has 3 heteroatoms. The van der Waals surface area contributed by atoms with Gasteiger partial charge in [0, 0.05) is 6.54 Å². The molecule has 1 nitrogen and oxygen atoms in total. The van der Waals surface area contributed by atoms with Crippen molar-refractivity contribution in [2.24, 2.45) is 5.92 Å². The lowest BCUT2D eigenvalue weighted by Gasteiger charge is -2.09. The molecule has 0 fully saturated rings. The summed E-state index contributed by atoms with van der Waals surface area (Å²) in [6.07, 6.45) is 2.24. The predicted molar refractivity (Wildman–Crippen MR) is 64.0 cm³/mol. The molecule has 0 saturated heterocycles. The van der Waals surface area contributed by atoms with Gasteiger partial charge < -0.3 is 5.32 Å². The van der Waals surface area contributed by atoms with Gasteiger partial charge in [-0.2, -0.15) is 0 Å². The quantitative estimate of drug-likeness (QED) is 0.742. The normalized spacial score (nSPS) is 10.7. The van der Waals surface area contributed by atoms with Crippen LogP contribution in [0.25, 0.3) is 0 Å². The van der Waals surface area contributed by atoms with E-state index in [-0.39, 0.29) is 5.82 Å². The third-order valence-corrected chi connectivity index (χ3v) is 2.53. The molecule has 84 valence electrons. The lowest BCUT2D eigenvalue weighted by Crippen LogP contribution is -2.03. The first-order valence-electron chi connectivity index (χ1n) is 5.28. The second-order valence-corrected chi connectivity index (χ2v) is 4.49.